The molecule has 2 heterocycles. The summed E-state index contributed by atoms with van der Waals surface area (Å²) < 4.78 is 7.44. The number of nitrogens with one attached hydrogen (secondary N) is 1. The molecule has 3 aromatic rings. The van der Waals surface area contributed by atoms with Gasteiger partial charge in [-0.1, -0.05) is 37.7 Å². The van der Waals surface area contributed by atoms with Crippen LogP contribution < -0.4 is 5.32 Å². The molecule has 0 radical (unpaired) electrons. The molecule has 0 aliphatic carbocycles. The predicted octanol–water partition coefficient (Wildman–Crippen LogP) is 4.08. The number of fused-ring (bicyclic) bond motifs is 1. The standard InChI is InChI=1S/C19H23N3O2S/c1-14(2)9-10-22-17-8-4-3-7-16(17)21-19(22)25-13-18(23)20-12-15-6-5-11-24-15/h3-8,11,14H,9-10,12-13H2,1-2H3,(H,20,23). The van der Waals surface area contributed by atoms with Gasteiger partial charge in [0.05, 0.1) is 29.6 Å². The van der Waals surface area contributed by atoms with Gasteiger partial charge in [0.25, 0.3) is 0 Å². The summed E-state index contributed by atoms with van der Waals surface area (Å²) in [7, 11) is 0. The van der Waals surface area contributed by atoms with Crippen molar-refractivity contribution in [2.24, 2.45) is 5.92 Å². The molecule has 0 spiro atoms. The van der Waals surface area contributed by atoms with E-state index in [0.717, 1.165) is 34.9 Å². The van der Waals surface area contributed by atoms with Gasteiger partial charge in [-0.25, -0.2) is 4.98 Å². The number of imidazole rings is 1. The maximum Gasteiger partial charge on any atom is 0.230 e. The molecule has 3 rings (SSSR count). The Hall–Kier alpha value is -2.21. The van der Waals surface area contributed by atoms with Gasteiger partial charge in [0, 0.05) is 6.54 Å². The molecule has 0 saturated carbocycles. The smallest absolute Gasteiger partial charge is 0.230 e. The van der Waals surface area contributed by atoms with Crippen molar-refractivity contribution in [1.29, 1.82) is 0 Å². The van der Waals surface area contributed by atoms with Crippen LogP contribution in [0.15, 0.2) is 52.2 Å². The number of carbonyl (C=O) groups excluding carboxylic acids is 1. The van der Waals surface area contributed by atoms with Gasteiger partial charge < -0.3 is 14.3 Å². The van der Waals surface area contributed by atoms with E-state index in [-0.39, 0.29) is 5.91 Å². The average molecular weight is 357 g/mol. The highest BCUT2D eigenvalue weighted by Gasteiger charge is 2.13. The zero-order chi connectivity index (χ0) is 17.6. The SMILES string of the molecule is CC(C)CCn1c(SCC(=O)NCc2ccco2)nc2ccccc21. The zero-order valence-electron chi connectivity index (χ0n) is 14.6. The van der Waals surface area contributed by atoms with E-state index in [2.05, 4.69) is 29.8 Å². The molecule has 2 aromatic heterocycles. The summed E-state index contributed by atoms with van der Waals surface area (Å²) in [5.41, 5.74) is 2.10. The first-order valence-electron chi connectivity index (χ1n) is 8.50. The van der Waals surface area contributed by atoms with E-state index in [1.54, 1.807) is 6.26 Å². The lowest BCUT2D eigenvalue weighted by Gasteiger charge is -2.10. The molecule has 132 valence electrons. The van der Waals surface area contributed by atoms with Crippen molar-refractivity contribution in [3.63, 3.8) is 0 Å². The van der Waals surface area contributed by atoms with Gasteiger partial charge in [-0.05, 0) is 36.6 Å². The molecular formula is C19H23N3O2S. The lowest BCUT2D eigenvalue weighted by Crippen LogP contribution is -2.24. The van der Waals surface area contributed by atoms with Crippen molar-refractivity contribution in [2.75, 3.05) is 5.75 Å². The number of nitrogens with zero attached hydrogens (tertiary/aromatic N) is 2. The summed E-state index contributed by atoms with van der Waals surface area (Å²) in [6.45, 7) is 5.76. The summed E-state index contributed by atoms with van der Waals surface area (Å²) in [6, 6.07) is 11.8. The highest BCUT2D eigenvalue weighted by atomic mass is 32.2. The third-order valence-corrected chi connectivity index (χ3v) is 4.90. The Morgan fingerprint density at radius 3 is 2.88 bits per heavy atom. The van der Waals surface area contributed by atoms with Crippen molar-refractivity contribution >= 4 is 28.7 Å². The number of aromatic nitrogens is 2. The largest absolute Gasteiger partial charge is 0.467 e. The molecule has 25 heavy (non-hydrogen) atoms. The van der Waals surface area contributed by atoms with Crippen molar-refractivity contribution in [1.82, 2.24) is 14.9 Å². The van der Waals surface area contributed by atoms with E-state index in [4.69, 9.17) is 9.40 Å². The quantitative estimate of drug-likeness (QED) is 0.617. The highest BCUT2D eigenvalue weighted by Crippen LogP contribution is 2.25. The maximum atomic E-state index is 12.1. The molecule has 0 aliphatic heterocycles. The molecule has 1 amide bonds. The van der Waals surface area contributed by atoms with E-state index in [1.165, 1.54) is 11.8 Å². The summed E-state index contributed by atoms with van der Waals surface area (Å²) in [5.74, 6) is 1.69. The molecule has 6 heteroatoms. The number of thioether (sulfide) groups is 1. The number of hydrogen-bond donors (Lipinski definition) is 1. The maximum absolute atomic E-state index is 12.1. The van der Waals surface area contributed by atoms with Crippen molar-refractivity contribution in [3.8, 4) is 0 Å². The topological polar surface area (TPSA) is 60.1 Å². The second-order valence-corrected chi connectivity index (χ2v) is 7.30. The van der Waals surface area contributed by atoms with E-state index in [9.17, 15) is 4.79 Å². The first kappa shape index (κ1) is 17.6. The van der Waals surface area contributed by atoms with E-state index in [1.807, 2.05) is 30.3 Å². The normalized spacial score (nSPS) is 11.3. The second-order valence-electron chi connectivity index (χ2n) is 6.36. The van der Waals surface area contributed by atoms with Crippen molar-refractivity contribution < 1.29 is 9.21 Å². The Morgan fingerprint density at radius 1 is 1.28 bits per heavy atom. The van der Waals surface area contributed by atoms with Crippen molar-refractivity contribution in [3.05, 3.63) is 48.4 Å². The number of para-hydroxylation sites is 2. The Kier molecular flexibility index (Phi) is 5.81. The van der Waals surface area contributed by atoms with Crippen LogP contribution >= 0.6 is 11.8 Å². The Bertz CT molecular complexity index is 824. The summed E-state index contributed by atoms with van der Waals surface area (Å²) in [4.78, 5) is 16.8. The van der Waals surface area contributed by atoms with Crippen LogP contribution in [0.5, 0.6) is 0 Å². The van der Waals surface area contributed by atoms with Gasteiger partial charge in [0.1, 0.15) is 5.76 Å². The number of hydrogen-bond acceptors (Lipinski definition) is 4. The van der Waals surface area contributed by atoms with E-state index in [0.29, 0.717) is 18.2 Å². The minimum atomic E-state index is -0.0242. The Labute approximate surface area is 151 Å². The van der Waals surface area contributed by atoms with Gasteiger partial charge in [-0.15, -0.1) is 0 Å². The number of amides is 1. The number of furan rings is 1. The van der Waals surface area contributed by atoms with Crippen molar-refractivity contribution in [2.45, 2.75) is 38.5 Å². The predicted molar refractivity (Wildman–Crippen MR) is 100 cm³/mol. The fourth-order valence-electron chi connectivity index (χ4n) is 2.55. The molecule has 0 aliphatic rings. The highest BCUT2D eigenvalue weighted by molar-refractivity contribution is 7.99. The summed E-state index contributed by atoms with van der Waals surface area (Å²) in [6.07, 6.45) is 2.69. The average Bonchev–Trinajstić information content (AvgIpc) is 3.23. The molecule has 0 saturated heterocycles. The first-order chi connectivity index (χ1) is 12.1. The third-order valence-electron chi connectivity index (χ3n) is 3.92. The lowest BCUT2D eigenvalue weighted by molar-refractivity contribution is -0.118. The Balaban J connectivity index is 1.65. The molecule has 1 N–H and O–H groups in total. The monoisotopic (exact) mass is 357 g/mol. The molecular weight excluding hydrogens is 334 g/mol. The first-order valence-corrected chi connectivity index (χ1v) is 9.49. The zero-order valence-corrected chi connectivity index (χ0v) is 15.4. The number of aryl methyl sites for hydroxylation is 1. The van der Waals surface area contributed by atoms with Gasteiger partial charge in [0.15, 0.2) is 5.16 Å². The number of rotatable bonds is 8. The number of benzene rings is 1. The summed E-state index contributed by atoms with van der Waals surface area (Å²) >= 11 is 1.48. The van der Waals surface area contributed by atoms with Crippen LogP contribution in [-0.4, -0.2) is 21.2 Å². The van der Waals surface area contributed by atoms with Gasteiger partial charge in [-0.2, -0.15) is 0 Å². The molecule has 1 aromatic carbocycles. The van der Waals surface area contributed by atoms with Crippen LogP contribution in [0.25, 0.3) is 11.0 Å². The Morgan fingerprint density at radius 2 is 2.12 bits per heavy atom. The molecule has 0 bridgehead atoms. The molecule has 0 unspecified atom stereocenters. The fourth-order valence-corrected chi connectivity index (χ4v) is 3.42. The van der Waals surface area contributed by atoms with Crippen LogP contribution in [0.3, 0.4) is 0 Å². The van der Waals surface area contributed by atoms with E-state index < -0.39 is 0 Å². The van der Waals surface area contributed by atoms with Gasteiger partial charge >= 0.3 is 0 Å². The molecule has 0 atom stereocenters. The van der Waals surface area contributed by atoms with Crippen LogP contribution in [0, 0.1) is 5.92 Å². The van der Waals surface area contributed by atoms with Gasteiger partial charge in [0.2, 0.25) is 5.91 Å². The fraction of sp³-hybridized carbons (Fsp3) is 0.368. The third kappa shape index (κ3) is 4.66. The lowest BCUT2D eigenvalue weighted by atomic mass is 10.1. The van der Waals surface area contributed by atoms with Crippen LogP contribution in [0.2, 0.25) is 0 Å². The summed E-state index contributed by atoms with van der Waals surface area (Å²) in [5, 5.41) is 3.77. The second kappa shape index (κ2) is 8.25. The molecule has 0 fully saturated rings. The van der Waals surface area contributed by atoms with Crippen LogP contribution in [0.1, 0.15) is 26.0 Å². The minimum absolute atomic E-state index is 0.0242. The molecule has 5 nitrogen and oxygen atoms in total. The number of carbonyl (C=O) groups is 1. The van der Waals surface area contributed by atoms with Gasteiger partial charge in [-0.3, -0.25) is 4.79 Å². The van der Waals surface area contributed by atoms with Crippen LogP contribution in [0.4, 0.5) is 0 Å². The minimum Gasteiger partial charge on any atom is -0.467 e. The van der Waals surface area contributed by atoms with Crippen LogP contribution in [-0.2, 0) is 17.9 Å². The van der Waals surface area contributed by atoms with E-state index >= 15 is 0 Å².